The molecule has 0 aromatic carbocycles. The minimum atomic E-state index is 0.687. The number of rotatable bonds is 4. The highest BCUT2D eigenvalue weighted by Gasteiger charge is 2.37. The van der Waals surface area contributed by atoms with Crippen LogP contribution in [0.25, 0.3) is 0 Å². The maximum Gasteiger partial charge on any atom is 0.187 e. The van der Waals surface area contributed by atoms with E-state index >= 15 is 0 Å². The van der Waals surface area contributed by atoms with Gasteiger partial charge in [-0.15, -0.1) is 0 Å². The second-order valence-corrected chi connectivity index (χ2v) is 8.18. The number of fused-ring (bicyclic) bond motifs is 4. The first-order valence-corrected chi connectivity index (χ1v) is 10.4. The summed E-state index contributed by atoms with van der Waals surface area (Å²) in [4.78, 5) is 14.3. The molecule has 0 unspecified atom stereocenters. The van der Waals surface area contributed by atoms with Crippen molar-refractivity contribution in [1.29, 1.82) is 0 Å². The minimum absolute atomic E-state index is 0.687. The highest BCUT2D eigenvalue weighted by atomic mass is 32.2. The summed E-state index contributed by atoms with van der Waals surface area (Å²) in [6.45, 7) is 6.62. The van der Waals surface area contributed by atoms with Crippen molar-refractivity contribution in [3.8, 4) is 0 Å². The van der Waals surface area contributed by atoms with Gasteiger partial charge in [-0.1, -0.05) is 11.8 Å². The molecule has 24 heavy (non-hydrogen) atoms. The molecule has 1 aromatic heterocycles. The topological polar surface area (TPSA) is 41.5 Å². The molecule has 6 heteroatoms. The van der Waals surface area contributed by atoms with E-state index in [-0.39, 0.29) is 0 Å². The molecule has 5 nitrogen and oxygen atoms in total. The zero-order valence-corrected chi connectivity index (χ0v) is 15.4. The Morgan fingerprint density at radius 3 is 2.58 bits per heavy atom. The van der Waals surface area contributed by atoms with E-state index in [1.807, 2.05) is 18.6 Å². The van der Waals surface area contributed by atoms with Gasteiger partial charge >= 0.3 is 0 Å². The Morgan fingerprint density at radius 1 is 1.04 bits per heavy atom. The van der Waals surface area contributed by atoms with Gasteiger partial charge in [0.25, 0.3) is 0 Å². The van der Waals surface area contributed by atoms with E-state index in [0.29, 0.717) is 6.04 Å². The lowest BCUT2D eigenvalue weighted by Gasteiger charge is -2.37. The van der Waals surface area contributed by atoms with Gasteiger partial charge in [0, 0.05) is 69.4 Å². The van der Waals surface area contributed by atoms with Crippen LogP contribution in [0.15, 0.2) is 17.6 Å². The minimum Gasteiger partial charge on any atom is -0.381 e. The summed E-state index contributed by atoms with van der Waals surface area (Å²) >= 11 is 1.60. The summed E-state index contributed by atoms with van der Waals surface area (Å²) < 4.78 is 5.56. The SMILES string of the molecule is CSc1ncc(CN2C[C@H]3CC[C@@H]2CN(C2CCOCC2)C3)cn1. The third-order valence-corrected chi connectivity index (χ3v) is 6.39. The van der Waals surface area contributed by atoms with Gasteiger partial charge in [-0.25, -0.2) is 9.97 Å². The lowest BCUT2D eigenvalue weighted by molar-refractivity contribution is 0.0307. The summed E-state index contributed by atoms with van der Waals surface area (Å²) in [6.07, 6.45) is 11.2. The predicted octanol–water partition coefficient (Wildman–Crippen LogP) is 2.27. The quantitative estimate of drug-likeness (QED) is 0.614. The van der Waals surface area contributed by atoms with E-state index in [9.17, 15) is 0 Å². The Bertz CT molecular complexity index is 534. The van der Waals surface area contributed by atoms with Gasteiger partial charge < -0.3 is 4.74 Å². The summed E-state index contributed by atoms with van der Waals surface area (Å²) in [5.74, 6) is 0.818. The first kappa shape index (κ1) is 16.8. The van der Waals surface area contributed by atoms with Crippen LogP contribution in [0.4, 0.5) is 0 Å². The van der Waals surface area contributed by atoms with Crippen LogP contribution in [0.5, 0.6) is 0 Å². The molecule has 0 N–H and O–H groups in total. The fraction of sp³-hybridized carbons (Fsp3) is 0.778. The van der Waals surface area contributed by atoms with E-state index in [1.165, 1.54) is 50.9 Å². The maximum absolute atomic E-state index is 5.56. The number of aromatic nitrogens is 2. The predicted molar refractivity (Wildman–Crippen MR) is 96.1 cm³/mol. The molecule has 2 atom stereocenters. The molecule has 2 bridgehead atoms. The van der Waals surface area contributed by atoms with Crippen LogP contribution in [-0.2, 0) is 11.3 Å². The summed E-state index contributed by atoms with van der Waals surface area (Å²) in [5, 5.41) is 0.863. The van der Waals surface area contributed by atoms with E-state index in [1.54, 1.807) is 11.8 Å². The van der Waals surface area contributed by atoms with Crippen molar-refractivity contribution in [2.75, 3.05) is 39.1 Å². The van der Waals surface area contributed by atoms with Gasteiger partial charge in [-0.2, -0.15) is 0 Å². The van der Waals surface area contributed by atoms with Crippen molar-refractivity contribution in [3.05, 3.63) is 18.0 Å². The summed E-state index contributed by atoms with van der Waals surface area (Å²) in [6, 6.07) is 1.43. The van der Waals surface area contributed by atoms with Crippen LogP contribution in [0, 0.1) is 5.92 Å². The number of piperidine rings is 1. The van der Waals surface area contributed by atoms with Crippen molar-refractivity contribution >= 4 is 11.8 Å². The zero-order chi connectivity index (χ0) is 16.4. The summed E-state index contributed by atoms with van der Waals surface area (Å²) in [5.41, 5.74) is 1.25. The van der Waals surface area contributed by atoms with Crippen molar-refractivity contribution in [3.63, 3.8) is 0 Å². The van der Waals surface area contributed by atoms with Crippen molar-refractivity contribution in [2.45, 2.75) is 49.5 Å². The molecule has 4 saturated heterocycles. The lowest BCUT2D eigenvalue weighted by Crippen LogP contribution is -2.45. The second kappa shape index (κ2) is 7.68. The molecule has 4 aliphatic heterocycles. The van der Waals surface area contributed by atoms with Gasteiger partial charge in [-0.05, 0) is 37.9 Å². The molecule has 0 aliphatic carbocycles. The van der Waals surface area contributed by atoms with Crippen LogP contribution in [0.1, 0.15) is 31.2 Å². The lowest BCUT2D eigenvalue weighted by atomic mass is 9.94. The molecule has 5 rings (SSSR count). The Kier molecular flexibility index (Phi) is 5.37. The van der Waals surface area contributed by atoms with Crippen LogP contribution in [-0.4, -0.2) is 71.0 Å². The van der Waals surface area contributed by atoms with E-state index in [2.05, 4.69) is 19.8 Å². The molecular weight excluding hydrogens is 320 g/mol. The third-order valence-electron chi connectivity index (χ3n) is 5.81. The van der Waals surface area contributed by atoms with Crippen LogP contribution >= 0.6 is 11.8 Å². The normalized spacial score (nSPS) is 29.7. The Balaban J connectivity index is 1.42. The Labute approximate surface area is 149 Å². The largest absolute Gasteiger partial charge is 0.381 e. The first-order chi connectivity index (χ1) is 11.8. The molecule has 0 amide bonds. The molecule has 0 radical (unpaired) electrons. The number of thioether (sulfide) groups is 1. The van der Waals surface area contributed by atoms with Gasteiger partial charge in [-0.3, -0.25) is 9.80 Å². The molecule has 1 aromatic rings. The summed E-state index contributed by atoms with van der Waals surface area (Å²) in [7, 11) is 0. The van der Waals surface area contributed by atoms with Gasteiger partial charge in [0.05, 0.1) is 0 Å². The highest BCUT2D eigenvalue weighted by molar-refractivity contribution is 7.98. The fourth-order valence-corrected chi connectivity index (χ4v) is 4.84. The fourth-order valence-electron chi connectivity index (χ4n) is 4.52. The second-order valence-electron chi connectivity index (χ2n) is 7.40. The van der Waals surface area contributed by atoms with Gasteiger partial charge in [0.1, 0.15) is 0 Å². The molecule has 0 saturated carbocycles. The van der Waals surface area contributed by atoms with Crippen molar-refractivity contribution in [2.24, 2.45) is 5.92 Å². The van der Waals surface area contributed by atoms with Crippen LogP contribution in [0.3, 0.4) is 0 Å². The third kappa shape index (κ3) is 3.77. The molecule has 132 valence electrons. The number of nitrogens with zero attached hydrogens (tertiary/aromatic N) is 4. The van der Waals surface area contributed by atoms with Crippen LogP contribution < -0.4 is 0 Å². The Hall–Kier alpha value is -0.690. The number of hydrogen-bond donors (Lipinski definition) is 0. The smallest absolute Gasteiger partial charge is 0.187 e. The monoisotopic (exact) mass is 348 g/mol. The molecule has 0 spiro atoms. The highest BCUT2D eigenvalue weighted by Crippen LogP contribution is 2.31. The zero-order valence-electron chi connectivity index (χ0n) is 14.6. The molecule has 4 aliphatic rings. The van der Waals surface area contributed by atoms with E-state index in [4.69, 9.17) is 4.74 Å². The van der Waals surface area contributed by atoms with Gasteiger partial charge in [0.2, 0.25) is 0 Å². The Morgan fingerprint density at radius 2 is 1.83 bits per heavy atom. The maximum atomic E-state index is 5.56. The average molecular weight is 349 g/mol. The molecular formula is C18H28N4OS. The van der Waals surface area contributed by atoms with Crippen molar-refractivity contribution < 1.29 is 4.74 Å². The van der Waals surface area contributed by atoms with E-state index in [0.717, 1.165) is 36.9 Å². The number of hydrogen-bond acceptors (Lipinski definition) is 6. The first-order valence-electron chi connectivity index (χ1n) is 9.22. The standard InChI is InChI=1S/C18H28N4OS/c1-24-18-19-8-15(9-20-18)12-21-10-14-2-3-17(21)13-22(11-14)16-4-6-23-7-5-16/h8-9,14,16-17H,2-7,10-13H2,1H3/t14-,17-/m1/s1. The van der Waals surface area contributed by atoms with Crippen LogP contribution in [0.2, 0.25) is 0 Å². The average Bonchev–Trinajstić information content (AvgIpc) is 2.95. The number of ether oxygens (including phenoxy) is 1. The van der Waals surface area contributed by atoms with Crippen molar-refractivity contribution in [1.82, 2.24) is 19.8 Å². The van der Waals surface area contributed by atoms with Gasteiger partial charge in [0.15, 0.2) is 5.16 Å². The molecule has 4 fully saturated rings. The van der Waals surface area contributed by atoms with E-state index < -0.39 is 0 Å². The molecule has 5 heterocycles.